The van der Waals surface area contributed by atoms with E-state index in [4.69, 9.17) is 14.5 Å². The third-order valence-electron chi connectivity index (χ3n) is 5.84. The molecular weight excluding hydrogens is 448 g/mol. The highest BCUT2D eigenvalue weighted by atomic mass is 16.5. The first-order chi connectivity index (χ1) is 16.5. The molecule has 9 heteroatoms. The molecule has 3 atom stereocenters. The summed E-state index contributed by atoms with van der Waals surface area (Å²) in [7, 11) is 3.40. The highest BCUT2D eigenvalue weighted by Crippen LogP contribution is 2.29. The fourth-order valence-electron chi connectivity index (χ4n) is 4.20. The van der Waals surface area contributed by atoms with Crippen molar-refractivity contribution in [3.05, 3.63) is 51.9 Å². The van der Waals surface area contributed by atoms with Gasteiger partial charge in [-0.2, -0.15) is 0 Å². The van der Waals surface area contributed by atoms with E-state index in [-0.39, 0.29) is 17.7 Å². The van der Waals surface area contributed by atoms with Crippen molar-refractivity contribution in [3.63, 3.8) is 0 Å². The van der Waals surface area contributed by atoms with Crippen LogP contribution < -0.4 is 10.9 Å². The fourth-order valence-corrected chi connectivity index (χ4v) is 4.20. The number of hydrogen-bond acceptors (Lipinski definition) is 7. The van der Waals surface area contributed by atoms with Gasteiger partial charge in [0.1, 0.15) is 11.9 Å². The van der Waals surface area contributed by atoms with E-state index < -0.39 is 18.1 Å². The molecule has 0 amide bonds. The highest BCUT2D eigenvalue weighted by molar-refractivity contribution is 5.81. The van der Waals surface area contributed by atoms with Crippen LogP contribution >= 0.6 is 0 Å². The van der Waals surface area contributed by atoms with Gasteiger partial charge in [0.2, 0.25) is 0 Å². The Bertz CT molecular complexity index is 1220. The van der Waals surface area contributed by atoms with Crippen LogP contribution in [0.3, 0.4) is 0 Å². The van der Waals surface area contributed by atoms with Crippen LogP contribution in [0.25, 0.3) is 22.4 Å². The lowest BCUT2D eigenvalue weighted by Crippen LogP contribution is -2.46. The molecule has 9 nitrogen and oxygen atoms in total. The second-order valence-electron chi connectivity index (χ2n) is 9.35. The van der Waals surface area contributed by atoms with Gasteiger partial charge >= 0.3 is 5.97 Å². The molecule has 0 fully saturated rings. The van der Waals surface area contributed by atoms with Crippen LogP contribution in [-0.2, 0) is 27.9 Å². The number of carbonyl (C=O) groups is 1. The number of aliphatic hydroxyl groups is 1. The summed E-state index contributed by atoms with van der Waals surface area (Å²) in [5.41, 5.74) is 4.07. The average molecular weight is 485 g/mol. The Kier molecular flexibility index (Phi) is 8.47. The maximum atomic E-state index is 12.4. The van der Waals surface area contributed by atoms with Crippen LogP contribution in [0.4, 0.5) is 0 Å². The van der Waals surface area contributed by atoms with Crippen LogP contribution in [0.1, 0.15) is 44.9 Å². The van der Waals surface area contributed by atoms with Gasteiger partial charge in [0.05, 0.1) is 35.9 Å². The quantitative estimate of drug-likeness (QED) is 0.426. The molecule has 2 aromatic heterocycles. The molecular formula is C26H36N4O5. The Morgan fingerprint density at radius 1 is 1.20 bits per heavy atom. The van der Waals surface area contributed by atoms with E-state index in [1.54, 1.807) is 52.6 Å². The van der Waals surface area contributed by atoms with Crippen molar-refractivity contribution in [2.45, 2.75) is 65.5 Å². The summed E-state index contributed by atoms with van der Waals surface area (Å²) in [6, 6.07) is 6.95. The number of fused-ring (bicyclic) bond motifs is 1. The maximum Gasteiger partial charge on any atom is 0.326 e. The molecule has 0 spiro atoms. The van der Waals surface area contributed by atoms with Gasteiger partial charge < -0.3 is 23.7 Å². The molecule has 3 rings (SSSR count). The smallest absolute Gasteiger partial charge is 0.326 e. The number of nitrogens with zero attached hydrogens (tertiary/aromatic N) is 3. The minimum absolute atomic E-state index is 0.00642. The monoisotopic (exact) mass is 484 g/mol. The number of imidazole rings is 1. The van der Waals surface area contributed by atoms with Crippen molar-refractivity contribution in [2.24, 2.45) is 7.05 Å². The summed E-state index contributed by atoms with van der Waals surface area (Å²) >= 11 is 0. The van der Waals surface area contributed by atoms with Gasteiger partial charge in [-0.3, -0.25) is 14.9 Å². The lowest BCUT2D eigenvalue weighted by molar-refractivity contribution is -0.152. The molecule has 2 heterocycles. The number of benzene rings is 1. The molecule has 0 saturated carbocycles. The number of aryl methyl sites for hydroxylation is 2. The van der Waals surface area contributed by atoms with E-state index in [1.807, 2.05) is 24.3 Å². The first-order valence-corrected chi connectivity index (χ1v) is 11.8. The number of esters is 1. The number of carbonyl (C=O) groups excluding carboxylic acids is 1. The number of aliphatic hydroxyl groups excluding tert-OH is 1. The number of hydrogen-bond donors (Lipinski definition) is 2. The molecule has 0 saturated heterocycles. The van der Waals surface area contributed by atoms with Crippen molar-refractivity contribution in [3.8, 4) is 11.4 Å². The van der Waals surface area contributed by atoms with E-state index in [2.05, 4.69) is 16.8 Å². The second-order valence-corrected chi connectivity index (χ2v) is 9.35. The Morgan fingerprint density at radius 3 is 2.51 bits per heavy atom. The standard InChI is InChI=1S/C26H36N4O5/c1-15(2)35-26(33)23(18(5)31)27-12-19-8-9-22-21(11-19)28-24(30(22)17(4)14-34-7)20-10-16(3)25(32)29(6)13-20/h8-11,13,15,17-18,23,27,31H,12,14H2,1-7H3/t17?,18-,23+/m1/s1. The predicted octanol–water partition coefficient (Wildman–Crippen LogP) is 2.71. The first kappa shape index (κ1) is 26.6. The number of rotatable bonds is 10. The molecule has 0 bridgehead atoms. The molecule has 0 aliphatic heterocycles. The summed E-state index contributed by atoms with van der Waals surface area (Å²) in [5, 5.41) is 13.2. The lowest BCUT2D eigenvalue weighted by Gasteiger charge is -2.21. The van der Waals surface area contributed by atoms with Gasteiger partial charge in [-0.05, 0) is 58.4 Å². The van der Waals surface area contributed by atoms with Gasteiger partial charge in [0.15, 0.2) is 0 Å². The molecule has 35 heavy (non-hydrogen) atoms. The predicted molar refractivity (Wildman–Crippen MR) is 135 cm³/mol. The maximum absolute atomic E-state index is 12.4. The molecule has 1 unspecified atom stereocenters. The number of ether oxygens (including phenoxy) is 2. The van der Waals surface area contributed by atoms with E-state index in [1.165, 1.54) is 0 Å². The molecule has 0 radical (unpaired) electrons. The molecule has 1 aromatic carbocycles. The Labute approximate surface area is 205 Å². The van der Waals surface area contributed by atoms with E-state index >= 15 is 0 Å². The summed E-state index contributed by atoms with van der Waals surface area (Å²) in [6.07, 6.45) is 0.626. The number of aromatic nitrogens is 3. The Balaban J connectivity index is 1.99. The average Bonchev–Trinajstić information content (AvgIpc) is 3.15. The van der Waals surface area contributed by atoms with Crippen LogP contribution in [0, 0.1) is 6.92 Å². The first-order valence-electron chi connectivity index (χ1n) is 11.8. The zero-order chi connectivity index (χ0) is 25.9. The lowest BCUT2D eigenvalue weighted by atomic mass is 10.1. The molecule has 190 valence electrons. The zero-order valence-corrected chi connectivity index (χ0v) is 21.5. The van der Waals surface area contributed by atoms with Crippen molar-refractivity contribution in [1.82, 2.24) is 19.4 Å². The summed E-state index contributed by atoms with van der Waals surface area (Å²) < 4.78 is 14.4. The molecule has 3 aromatic rings. The summed E-state index contributed by atoms with van der Waals surface area (Å²) in [6.45, 7) is 9.82. The van der Waals surface area contributed by atoms with Crippen molar-refractivity contribution >= 4 is 17.0 Å². The highest BCUT2D eigenvalue weighted by Gasteiger charge is 2.26. The largest absolute Gasteiger partial charge is 0.462 e. The zero-order valence-electron chi connectivity index (χ0n) is 21.5. The van der Waals surface area contributed by atoms with Crippen LogP contribution in [0.5, 0.6) is 0 Å². The van der Waals surface area contributed by atoms with Gasteiger partial charge in [0.25, 0.3) is 5.56 Å². The summed E-state index contributed by atoms with van der Waals surface area (Å²) in [4.78, 5) is 29.5. The minimum Gasteiger partial charge on any atom is -0.462 e. The topological polar surface area (TPSA) is 108 Å². The van der Waals surface area contributed by atoms with Crippen molar-refractivity contribution in [2.75, 3.05) is 13.7 Å². The molecule has 2 N–H and O–H groups in total. The summed E-state index contributed by atoms with van der Waals surface area (Å²) in [5.74, 6) is 0.261. The number of pyridine rings is 1. The third-order valence-corrected chi connectivity index (χ3v) is 5.84. The van der Waals surface area contributed by atoms with Gasteiger partial charge in [-0.1, -0.05) is 6.07 Å². The van der Waals surface area contributed by atoms with Gasteiger partial charge in [-0.15, -0.1) is 0 Å². The van der Waals surface area contributed by atoms with E-state index in [9.17, 15) is 14.7 Å². The fraction of sp³-hybridized carbons (Fsp3) is 0.500. The Hall–Kier alpha value is -3.01. The van der Waals surface area contributed by atoms with E-state index in [0.717, 1.165) is 28.0 Å². The third kappa shape index (κ3) is 5.98. The van der Waals surface area contributed by atoms with Crippen molar-refractivity contribution < 1.29 is 19.4 Å². The van der Waals surface area contributed by atoms with Crippen LogP contribution in [0.2, 0.25) is 0 Å². The van der Waals surface area contributed by atoms with Crippen LogP contribution in [0.15, 0.2) is 35.3 Å². The molecule has 0 aliphatic rings. The van der Waals surface area contributed by atoms with Crippen molar-refractivity contribution in [1.29, 1.82) is 0 Å². The van der Waals surface area contributed by atoms with Crippen LogP contribution in [-0.4, -0.2) is 57.2 Å². The minimum atomic E-state index is -0.904. The van der Waals surface area contributed by atoms with Gasteiger partial charge in [-0.25, -0.2) is 4.98 Å². The number of nitrogens with one attached hydrogen (secondary N) is 1. The SMILES string of the molecule is COCC(C)n1c(-c2cc(C)c(=O)n(C)c2)nc2cc(CN[C@H](C(=O)OC(C)C)[C@@H](C)O)ccc21. The second kappa shape index (κ2) is 11.2. The normalized spacial score (nSPS) is 14.3. The van der Waals surface area contributed by atoms with Gasteiger partial charge in [0, 0.05) is 38.0 Å². The Morgan fingerprint density at radius 2 is 1.91 bits per heavy atom. The van der Waals surface area contributed by atoms with E-state index in [0.29, 0.717) is 18.7 Å². The number of methoxy groups -OCH3 is 1. The molecule has 0 aliphatic carbocycles.